The first kappa shape index (κ1) is 28.7. The highest BCUT2D eigenvalue weighted by atomic mass is 32.2. The molecule has 0 radical (unpaired) electrons. The van der Waals surface area contributed by atoms with Crippen LogP contribution in [0.15, 0.2) is 41.3 Å². The number of methoxy groups -OCH3 is 3. The zero-order valence-electron chi connectivity index (χ0n) is 22.0. The van der Waals surface area contributed by atoms with E-state index in [0.29, 0.717) is 41.0 Å². The molecular weight excluding hydrogens is 514 g/mol. The summed E-state index contributed by atoms with van der Waals surface area (Å²) in [6.45, 7) is 6.99. The number of fused-ring (bicyclic) bond motifs is 1. The maximum absolute atomic E-state index is 13.4. The minimum Gasteiger partial charge on any atom is -0.497 e. The average molecular weight is 550 g/mol. The summed E-state index contributed by atoms with van der Waals surface area (Å²) in [5, 5.41) is 0.535. The van der Waals surface area contributed by atoms with Crippen LogP contribution >= 0.6 is 11.3 Å². The molecule has 0 fully saturated rings. The SMILES string of the molecule is CCN(CC)CCN(C(=O)CCCS(=O)(=O)c1ccc(OC)cc1)c1nc2c(OC)ccc(OC)c2s1. The summed E-state index contributed by atoms with van der Waals surface area (Å²) < 4.78 is 42.5. The van der Waals surface area contributed by atoms with Crippen molar-refractivity contribution in [3.8, 4) is 17.2 Å². The van der Waals surface area contributed by atoms with Gasteiger partial charge >= 0.3 is 0 Å². The molecule has 1 aromatic heterocycles. The normalized spacial score (nSPS) is 11.6. The standard InChI is InChI=1S/C26H35N3O6S2/c1-6-28(7-2)16-17-29(26-27-24-21(34-4)14-15-22(35-5)25(24)36-26)23(30)9-8-18-37(31,32)20-12-10-19(33-3)11-13-20/h10-15H,6-9,16-18H2,1-5H3. The predicted octanol–water partition coefficient (Wildman–Crippen LogP) is 4.25. The minimum atomic E-state index is -3.52. The molecule has 1 heterocycles. The molecule has 9 nitrogen and oxygen atoms in total. The first-order valence-corrected chi connectivity index (χ1v) is 14.7. The van der Waals surface area contributed by atoms with Crippen molar-refractivity contribution < 1.29 is 27.4 Å². The number of hydrogen-bond donors (Lipinski definition) is 0. The molecular formula is C26H35N3O6S2. The molecule has 0 saturated carbocycles. The number of nitrogens with zero attached hydrogens (tertiary/aromatic N) is 3. The van der Waals surface area contributed by atoms with Gasteiger partial charge in [0.2, 0.25) is 5.91 Å². The van der Waals surface area contributed by atoms with Gasteiger partial charge in [-0.25, -0.2) is 13.4 Å². The number of hydrogen-bond acceptors (Lipinski definition) is 9. The number of carbonyl (C=O) groups excluding carboxylic acids is 1. The Hall–Kier alpha value is -2.89. The van der Waals surface area contributed by atoms with E-state index >= 15 is 0 Å². The summed E-state index contributed by atoms with van der Waals surface area (Å²) in [5.74, 6) is 1.54. The number of rotatable bonds is 14. The van der Waals surface area contributed by atoms with Gasteiger partial charge in [-0.2, -0.15) is 0 Å². The van der Waals surface area contributed by atoms with Crippen LogP contribution in [0.2, 0.25) is 0 Å². The van der Waals surface area contributed by atoms with E-state index in [0.717, 1.165) is 17.8 Å². The van der Waals surface area contributed by atoms with Crippen LogP contribution < -0.4 is 19.1 Å². The fourth-order valence-corrected chi connectivity index (χ4v) is 6.38. The quantitative estimate of drug-likeness (QED) is 0.294. The Kier molecular flexibility index (Phi) is 10.1. The molecule has 37 heavy (non-hydrogen) atoms. The number of likely N-dealkylation sites (N-methyl/N-ethyl adjacent to an activating group) is 1. The first-order valence-electron chi connectivity index (χ1n) is 12.2. The van der Waals surface area contributed by atoms with E-state index < -0.39 is 9.84 Å². The van der Waals surface area contributed by atoms with Crippen molar-refractivity contribution in [1.82, 2.24) is 9.88 Å². The predicted molar refractivity (Wildman–Crippen MR) is 147 cm³/mol. The Bertz CT molecular complexity index is 1250. The highest BCUT2D eigenvalue weighted by Gasteiger charge is 2.24. The van der Waals surface area contributed by atoms with Crippen molar-refractivity contribution in [3.05, 3.63) is 36.4 Å². The molecule has 0 unspecified atom stereocenters. The van der Waals surface area contributed by atoms with Crippen LogP contribution in [0.5, 0.6) is 17.2 Å². The fourth-order valence-electron chi connectivity index (χ4n) is 3.95. The largest absolute Gasteiger partial charge is 0.497 e. The van der Waals surface area contributed by atoms with Gasteiger partial charge in [-0.3, -0.25) is 9.69 Å². The molecule has 3 aromatic rings. The number of sulfone groups is 1. The summed E-state index contributed by atoms with van der Waals surface area (Å²) in [6.07, 6.45) is 0.282. The van der Waals surface area contributed by atoms with Crippen LogP contribution in [-0.2, 0) is 14.6 Å². The molecule has 0 aliphatic heterocycles. The van der Waals surface area contributed by atoms with E-state index in [4.69, 9.17) is 19.2 Å². The molecule has 202 valence electrons. The van der Waals surface area contributed by atoms with Crippen LogP contribution in [0.25, 0.3) is 10.2 Å². The maximum Gasteiger partial charge on any atom is 0.228 e. The van der Waals surface area contributed by atoms with Gasteiger partial charge in [-0.05, 0) is 55.9 Å². The van der Waals surface area contributed by atoms with Gasteiger partial charge in [0.25, 0.3) is 0 Å². The molecule has 0 aliphatic rings. The number of amides is 1. The molecule has 0 atom stereocenters. The van der Waals surface area contributed by atoms with Crippen LogP contribution in [0, 0.1) is 0 Å². The van der Waals surface area contributed by atoms with Crippen molar-refractivity contribution in [3.63, 3.8) is 0 Å². The van der Waals surface area contributed by atoms with Gasteiger partial charge < -0.3 is 19.1 Å². The van der Waals surface area contributed by atoms with Gasteiger partial charge in [0, 0.05) is 19.5 Å². The third kappa shape index (κ3) is 6.91. The Labute approximate surface area is 222 Å². The molecule has 0 aliphatic carbocycles. The molecule has 3 rings (SSSR count). The molecule has 1 amide bonds. The van der Waals surface area contributed by atoms with Crippen molar-refractivity contribution in [2.45, 2.75) is 31.6 Å². The van der Waals surface area contributed by atoms with Crippen molar-refractivity contribution in [2.24, 2.45) is 0 Å². The summed E-state index contributed by atoms with van der Waals surface area (Å²) in [7, 11) is 1.17. The van der Waals surface area contributed by atoms with Crippen LogP contribution in [-0.4, -0.2) is 77.5 Å². The van der Waals surface area contributed by atoms with Crippen LogP contribution in [0.4, 0.5) is 5.13 Å². The molecule has 0 saturated heterocycles. The Morgan fingerprint density at radius 2 is 1.57 bits per heavy atom. The topological polar surface area (TPSA) is 98.3 Å². The minimum absolute atomic E-state index is 0.0812. The molecule has 0 spiro atoms. The zero-order valence-corrected chi connectivity index (χ0v) is 23.7. The lowest BCUT2D eigenvalue weighted by molar-refractivity contribution is -0.118. The van der Waals surface area contributed by atoms with Crippen molar-refractivity contribution in [1.29, 1.82) is 0 Å². The number of anilines is 1. The summed E-state index contributed by atoms with van der Waals surface area (Å²) >= 11 is 1.36. The van der Waals surface area contributed by atoms with E-state index in [-0.39, 0.29) is 29.4 Å². The number of benzene rings is 2. The number of carbonyl (C=O) groups is 1. The van der Waals surface area contributed by atoms with E-state index in [1.807, 2.05) is 6.07 Å². The van der Waals surface area contributed by atoms with Gasteiger partial charge in [-0.1, -0.05) is 25.2 Å². The van der Waals surface area contributed by atoms with E-state index in [9.17, 15) is 13.2 Å². The van der Waals surface area contributed by atoms with Crippen molar-refractivity contribution in [2.75, 3.05) is 58.2 Å². The maximum atomic E-state index is 13.4. The second-order valence-electron chi connectivity index (χ2n) is 8.31. The average Bonchev–Trinajstić information content (AvgIpc) is 3.35. The third-order valence-electron chi connectivity index (χ3n) is 6.19. The fraction of sp³-hybridized carbons (Fsp3) is 0.462. The monoisotopic (exact) mass is 549 g/mol. The highest BCUT2D eigenvalue weighted by molar-refractivity contribution is 7.91. The van der Waals surface area contributed by atoms with Gasteiger partial charge in [0.1, 0.15) is 27.5 Å². The van der Waals surface area contributed by atoms with E-state index in [1.54, 1.807) is 37.3 Å². The number of ether oxygens (including phenoxy) is 3. The van der Waals surface area contributed by atoms with E-state index in [2.05, 4.69) is 18.7 Å². The lowest BCUT2D eigenvalue weighted by Gasteiger charge is -2.24. The zero-order chi connectivity index (χ0) is 27.0. The first-order chi connectivity index (χ1) is 17.8. The summed E-state index contributed by atoms with van der Waals surface area (Å²) in [4.78, 5) is 22.3. The highest BCUT2D eigenvalue weighted by Crippen LogP contribution is 2.40. The van der Waals surface area contributed by atoms with Crippen molar-refractivity contribution >= 4 is 42.4 Å². The molecule has 0 N–H and O–H groups in total. The van der Waals surface area contributed by atoms with Crippen LogP contribution in [0.1, 0.15) is 26.7 Å². The molecule has 0 bridgehead atoms. The lowest BCUT2D eigenvalue weighted by atomic mass is 10.3. The second-order valence-corrected chi connectivity index (χ2v) is 11.4. The van der Waals surface area contributed by atoms with Gasteiger partial charge in [0.15, 0.2) is 15.0 Å². The smallest absolute Gasteiger partial charge is 0.228 e. The second kappa shape index (κ2) is 13.1. The van der Waals surface area contributed by atoms with Crippen LogP contribution in [0.3, 0.4) is 0 Å². The Balaban J connectivity index is 1.81. The summed E-state index contributed by atoms with van der Waals surface area (Å²) in [6, 6.07) is 9.87. The molecule has 11 heteroatoms. The lowest BCUT2D eigenvalue weighted by Crippen LogP contribution is -2.38. The molecule has 2 aromatic carbocycles. The number of thiazole rings is 1. The third-order valence-corrected chi connectivity index (χ3v) is 9.10. The Morgan fingerprint density at radius 1 is 0.919 bits per heavy atom. The van der Waals surface area contributed by atoms with E-state index in [1.165, 1.54) is 30.6 Å². The van der Waals surface area contributed by atoms with Gasteiger partial charge in [0.05, 0.1) is 32.0 Å². The Morgan fingerprint density at radius 3 is 2.16 bits per heavy atom. The summed E-state index contributed by atoms with van der Waals surface area (Å²) in [5.41, 5.74) is 0.629. The number of aromatic nitrogens is 1. The van der Waals surface area contributed by atoms with Gasteiger partial charge in [-0.15, -0.1) is 0 Å².